The van der Waals surface area contributed by atoms with Gasteiger partial charge in [-0.1, -0.05) is 141 Å². The Morgan fingerprint density at radius 1 is 0.396 bits per heavy atom. The topological polar surface area (TPSA) is 4.93 Å². The van der Waals surface area contributed by atoms with Crippen LogP contribution in [-0.2, 0) is 5.41 Å². The third-order valence-corrected chi connectivity index (χ3v) is 12.8. The minimum Gasteiger partial charge on any atom is -0.309 e. The summed E-state index contributed by atoms with van der Waals surface area (Å²) in [4.78, 5) is 0. The van der Waals surface area contributed by atoms with Gasteiger partial charge in [-0.15, -0.1) is 11.3 Å². The largest absolute Gasteiger partial charge is 0.309 e. The van der Waals surface area contributed by atoms with Gasteiger partial charge in [0, 0.05) is 42.0 Å². The fourth-order valence-electron chi connectivity index (χ4n) is 8.98. The van der Waals surface area contributed by atoms with Crippen molar-refractivity contribution in [2.45, 2.75) is 19.3 Å². The highest BCUT2D eigenvalue weighted by atomic mass is 32.1. The van der Waals surface area contributed by atoms with Gasteiger partial charge in [-0.05, 0) is 104 Å². The van der Waals surface area contributed by atoms with Crippen LogP contribution in [-0.4, -0.2) is 4.57 Å². The maximum atomic E-state index is 2.43. The molecule has 0 radical (unpaired) electrons. The van der Waals surface area contributed by atoms with Crippen molar-refractivity contribution in [3.05, 3.63) is 187 Å². The van der Waals surface area contributed by atoms with Crippen LogP contribution >= 0.6 is 11.3 Å². The molecule has 0 spiro atoms. The number of rotatable bonds is 4. The van der Waals surface area contributed by atoms with Crippen LogP contribution in [0.15, 0.2) is 176 Å². The first-order valence-electron chi connectivity index (χ1n) is 18.4. The molecule has 8 aromatic carbocycles. The SMILES string of the molecule is CC1(C)c2ccccc2-c2ccc(-c3cccc(-c4cccc(-n5c6ccccc6c6cc(-c7cccc8c7sc7ccccc78)ccc65)c4)c3)cc21. The van der Waals surface area contributed by atoms with Gasteiger partial charge in [-0.25, -0.2) is 0 Å². The highest BCUT2D eigenvalue weighted by molar-refractivity contribution is 7.26. The smallest absolute Gasteiger partial charge is 0.0541 e. The van der Waals surface area contributed by atoms with Gasteiger partial charge >= 0.3 is 0 Å². The summed E-state index contributed by atoms with van der Waals surface area (Å²) in [6.45, 7) is 4.70. The summed E-state index contributed by atoms with van der Waals surface area (Å²) in [6.07, 6.45) is 0. The molecule has 2 heterocycles. The van der Waals surface area contributed by atoms with Gasteiger partial charge in [0.2, 0.25) is 0 Å². The molecule has 0 saturated carbocycles. The average Bonchev–Trinajstić information content (AvgIpc) is 3.83. The molecule has 0 N–H and O–H groups in total. The molecule has 1 aliphatic carbocycles. The first kappa shape index (κ1) is 30.4. The van der Waals surface area contributed by atoms with E-state index in [2.05, 4.69) is 194 Å². The molecule has 2 aromatic heterocycles. The lowest BCUT2D eigenvalue weighted by Gasteiger charge is -2.22. The van der Waals surface area contributed by atoms with E-state index in [9.17, 15) is 0 Å². The van der Waals surface area contributed by atoms with Gasteiger partial charge in [0.05, 0.1) is 11.0 Å². The van der Waals surface area contributed by atoms with Crippen LogP contribution in [0.2, 0.25) is 0 Å². The Morgan fingerprint density at radius 3 is 1.91 bits per heavy atom. The summed E-state index contributed by atoms with van der Waals surface area (Å²) in [7, 11) is 0. The minimum absolute atomic E-state index is 0.0249. The summed E-state index contributed by atoms with van der Waals surface area (Å²) in [5, 5.41) is 5.20. The lowest BCUT2D eigenvalue weighted by Crippen LogP contribution is -2.14. The van der Waals surface area contributed by atoms with Crippen LogP contribution in [0.1, 0.15) is 25.0 Å². The van der Waals surface area contributed by atoms with Gasteiger partial charge in [0.15, 0.2) is 0 Å². The lowest BCUT2D eigenvalue weighted by molar-refractivity contribution is 0.660. The lowest BCUT2D eigenvalue weighted by atomic mass is 9.81. The van der Waals surface area contributed by atoms with E-state index in [4.69, 9.17) is 0 Å². The maximum Gasteiger partial charge on any atom is 0.0541 e. The summed E-state index contributed by atoms with van der Waals surface area (Å²) in [5.41, 5.74) is 16.6. The summed E-state index contributed by atoms with van der Waals surface area (Å²) in [6, 6.07) is 65.3. The quantitative estimate of drug-likeness (QED) is 0.173. The van der Waals surface area contributed by atoms with Crippen molar-refractivity contribution in [2.24, 2.45) is 0 Å². The Balaban J connectivity index is 1.01. The van der Waals surface area contributed by atoms with E-state index in [1.54, 1.807) is 0 Å². The zero-order chi connectivity index (χ0) is 35.3. The third-order valence-electron chi connectivity index (χ3n) is 11.6. The Kier molecular flexibility index (Phi) is 6.53. The molecule has 250 valence electrons. The zero-order valence-electron chi connectivity index (χ0n) is 29.6. The van der Waals surface area contributed by atoms with E-state index in [0.717, 1.165) is 5.69 Å². The van der Waals surface area contributed by atoms with Gasteiger partial charge in [-0.3, -0.25) is 0 Å². The van der Waals surface area contributed by atoms with Crippen LogP contribution in [0.25, 0.3) is 92.2 Å². The van der Waals surface area contributed by atoms with E-state index in [1.807, 2.05) is 11.3 Å². The molecular weight excluding hydrogens is 659 g/mol. The van der Waals surface area contributed by atoms with Crippen LogP contribution in [0, 0.1) is 0 Å². The molecule has 0 unspecified atom stereocenters. The molecule has 10 aromatic rings. The van der Waals surface area contributed by atoms with Crippen molar-refractivity contribution in [3.63, 3.8) is 0 Å². The summed E-state index contributed by atoms with van der Waals surface area (Å²) in [5.74, 6) is 0. The number of thiophene rings is 1. The van der Waals surface area contributed by atoms with Crippen LogP contribution < -0.4 is 0 Å². The fraction of sp³-hybridized carbons (Fsp3) is 0.0588. The van der Waals surface area contributed by atoms with Crippen molar-refractivity contribution in [1.29, 1.82) is 0 Å². The van der Waals surface area contributed by atoms with E-state index in [0.29, 0.717) is 0 Å². The van der Waals surface area contributed by atoms with Crippen LogP contribution in [0.4, 0.5) is 0 Å². The molecule has 0 fully saturated rings. The predicted octanol–water partition coefficient (Wildman–Crippen LogP) is 14.5. The minimum atomic E-state index is -0.0249. The van der Waals surface area contributed by atoms with Gasteiger partial charge in [-0.2, -0.15) is 0 Å². The third kappa shape index (κ3) is 4.56. The number of hydrogen-bond acceptors (Lipinski definition) is 1. The monoisotopic (exact) mass is 693 g/mol. The Morgan fingerprint density at radius 2 is 1.02 bits per heavy atom. The second kappa shape index (κ2) is 11.4. The average molecular weight is 694 g/mol. The fourth-order valence-corrected chi connectivity index (χ4v) is 10.2. The number of hydrogen-bond donors (Lipinski definition) is 0. The predicted molar refractivity (Wildman–Crippen MR) is 228 cm³/mol. The number of para-hydroxylation sites is 1. The van der Waals surface area contributed by atoms with Crippen molar-refractivity contribution < 1.29 is 0 Å². The van der Waals surface area contributed by atoms with E-state index in [1.165, 1.54) is 97.6 Å². The molecule has 0 saturated heterocycles. The molecule has 53 heavy (non-hydrogen) atoms. The Hall–Kier alpha value is -6.22. The first-order valence-corrected chi connectivity index (χ1v) is 19.2. The first-order chi connectivity index (χ1) is 26.0. The molecule has 0 atom stereocenters. The molecule has 0 amide bonds. The van der Waals surface area contributed by atoms with E-state index < -0.39 is 0 Å². The number of benzene rings is 8. The van der Waals surface area contributed by atoms with Crippen molar-refractivity contribution >= 4 is 53.3 Å². The second-order valence-electron chi connectivity index (χ2n) is 14.9. The van der Waals surface area contributed by atoms with Gasteiger partial charge < -0.3 is 4.57 Å². The van der Waals surface area contributed by atoms with Crippen LogP contribution in [0.3, 0.4) is 0 Å². The maximum absolute atomic E-state index is 2.43. The standard InChI is InChI=1S/C51H35NS/c1-51(2)45-21-6-3-16-39(45)40-26-24-35(31-46(40)51)33-13-9-12-32(28-33)34-14-10-15-37(29-34)52-47-22-7-4-17-41(47)44-30-36(25-27-48(44)52)38-19-11-20-43-42-18-5-8-23-49(42)53-50(38)43/h3-31H,1-2H3. The van der Waals surface area contributed by atoms with Crippen molar-refractivity contribution in [1.82, 2.24) is 4.57 Å². The summed E-state index contributed by atoms with van der Waals surface area (Å²) >= 11 is 1.89. The Labute approximate surface area is 313 Å². The molecular formula is C51H35NS. The van der Waals surface area contributed by atoms with Crippen molar-refractivity contribution in [3.8, 4) is 50.2 Å². The molecule has 0 bridgehead atoms. The highest BCUT2D eigenvalue weighted by Crippen LogP contribution is 2.50. The molecule has 1 aliphatic rings. The van der Waals surface area contributed by atoms with Gasteiger partial charge in [0.1, 0.15) is 0 Å². The van der Waals surface area contributed by atoms with Crippen molar-refractivity contribution in [2.75, 3.05) is 0 Å². The zero-order valence-corrected chi connectivity index (χ0v) is 30.4. The molecule has 11 rings (SSSR count). The number of fused-ring (bicyclic) bond motifs is 9. The Bertz CT molecular complexity index is 3100. The molecule has 2 heteroatoms. The number of aromatic nitrogens is 1. The van der Waals surface area contributed by atoms with E-state index >= 15 is 0 Å². The van der Waals surface area contributed by atoms with Crippen LogP contribution in [0.5, 0.6) is 0 Å². The second-order valence-corrected chi connectivity index (χ2v) is 16.0. The van der Waals surface area contributed by atoms with E-state index in [-0.39, 0.29) is 5.41 Å². The van der Waals surface area contributed by atoms with Gasteiger partial charge in [0.25, 0.3) is 0 Å². The molecule has 1 nitrogen and oxygen atoms in total. The number of nitrogens with zero attached hydrogens (tertiary/aromatic N) is 1. The normalized spacial score (nSPS) is 13.2. The molecule has 0 aliphatic heterocycles. The highest BCUT2D eigenvalue weighted by Gasteiger charge is 2.35. The summed E-state index contributed by atoms with van der Waals surface area (Å²) < 4.78 is 5.11.